The molecule has 228 valence electrons. The van der Waals surface area contributed by atoms with Crippen LogP contribution < -0.4 is 0 Å². The van der Waals surface area contributed by atoms with E-state index < -0.39 is 69.3 Å². The Kier molecular flexibility index (Phi) is 9.83. The fourth-order valence-corrected chi connectivity index (χ4v) is 7.67. The maximum atomic E-state index is 13.4. The van der Waals surface area contributed by atoms with E-state index in [0.29, 0.717) is 0 Å². The molecule has 0 spiro atoms. The fraction of sp³-hybridized carbons (Fsp3) is 0.111. The van der Waals surface area contributed by atoms with E-state index in [0.717, 1.165) is 48.5 Å². The molecule has 4 aromatic carbocycles. The van der Waals surface area contributed by atoms with Gasteiger partial charge in [0.05, 0.1) is 19.6 Å². The predicted octanol–water partition coefficient (Wildman–Crippen LogP) is 3.30. The summed E-state index contributed by atoms with van der Waals surface area (Å²) in [7, 11) is -19.3. The average Bonchev–Trinajstić information content (AvgIpc) is 3.01. The molecule has 0 radical (unpaired) electrons. The van der Waals surface area contributed by atoms with Crippen LogP contribution in [0.25, 0.3) is 0 Å². The lowest BCUT2D eigenvalue weighted by Gasteiger charge is -2.31. The second-order valence-electron chi connectivity index (χ2n) is 8.67. The molecule has 4 rings (SSSR count). The van der Waals surface area contributed by atoms with Crippen LogP contribution in [0.1, 0.15) is 0 Å². The van der Waals surface area contributed by atoms with Crippen LogP contribution >= 0.6 is 0 Å². The van der Waals surface area contributed by atoms with Crippen molar-refractivity contribution in [1.29, 1.82) is 0 Å². The van der Waals surface area contributed by atoms with Crippen molar-refractivity contribution in [3.05, 3.63) is 121 Å². The van der Waals surface area contributed by atoms with Crippen LogP contribution in [-0.4, -0.2) is 52.7 Å². The highest BCUT2D eigenvalue weighted by Gasteiger charge is 2.47. The first-order valence-electron chi connectivity index (χ1n) is 12.2. The summed E-state index contributed by atoms with van der Waals surface area (Å²) >= 11 is 0. The zero-order chi connectivity index (χ0) is 31.2. The van der Waals surface area contributed by atoms with E-state index in [1.165, 1.54) is 72.8 Å². The Hall–Kier alpha value is -3.48. The predicted molar refractivity (Wildman–Crippen MR) is 151 cm³/mol. The summed E-state index contributed by atoms with van der Waals surface area (Å²) in [4.78, 5) is -1.73. The topological polar surface area (TPSA) is 173 Å². The minimum Gasteiger partial charge on any atom is -0.260 e. The molecule has 43 heavy (non-hydrogen) atoms. The summed E-state index contributed by atoms with van der Waals surface area (Å²) in [5, 5.41) is 0. The van der Waals surface area contributed by atoms with E-state index in [2.05, 4.69) is 0 Å². The first-order valence-corrected chi connectivity index (χ1v) is 17.8. The zero-order valence-corrected chi connectivity index (χ0v) is 25.3. The molecule has 0 amide bonds. The molecule has 0 aliphatic heterocycles. The molecule has 4 aromatic rings. The number of benzene rings is 4. The molecule has 0 aromatic heterocycles. The monoisotopic (exact) mass is 668 g/mol. The standard InChI is InChI=1S/C27H24O12S4/c28-40(29,23-13-5-1-6-14-23)36-21-27(38-42(32,33)25-17-9-3-10-18-25,39-43(34,35)26-19-11-4-12-20-26)22-37-41(30,31)24-15-7-2-8-16-24/h1-20H,21-22H2. The van der Waals surface area contributed by atoms with Crippen molar-refractivity contribution in [2.45, 2.75) is 25.4 Å². The highest BCUT2D eigenvalue weighted by atomic mass is 32.2. The minimum atomic E-state index is -4.98. The van der Waals surface area contributed by atoms with Gasteiger partial charge in [-0.15, -0.1) is 0 Å². The van der Waals surface area contributed by atoms with E-state index in [1.807, 2.05) is 0 Å². The van der Waals surface area contributed by atoms with Gasteiger partial charge >= 0.3 is 0 Å². The lowest BCUT2D eigenvalue weighted by atomic mass is 10.3. The lowest BCUT2D eigenvalue weighted by molar-refractivity contribution is -0.150. The van der Waals surface area contributed by atoms with Crippen molar-refractivity contribution >= 4 is 40.5 Å². The van der Waals surface area contributed by atoms with Gasteiger partial charge in [-0.1, -0.05) is 72.8 Å². The second-order valence-corrected chi connectivity index (χ2v) is 15.0. The van der Waals surface area contributed by atoms with Crippen LogP contribution in [0.4, 0.5) is 0 Å². The maximum absolute atomic E-state index is 13.4. The van der Waals surface area contributed by atoms with Crippen LogP contribution in [0.5, 0.6) is 0 Å². The van der Waals surface area contributed by atoms with Gasteiger partial charge in [0.2, 0.25) is 0 Å². The van der Waals surface area contributed by atoms with E-state index >= 15 is 0 Å². The van der Waals surface area contributed by atoms with Crippen molar-refractivity contribution in [3.8, 4) is 0 Å². The molecular formula is C27H24O12S4. The van der Waals surface area contributed by atoms with Crippen molar-refractivity contribution in [2.24, 2.45) is 0 Å². The Morgan fingerprint density at radius 2 is 0.605 bits per heavy atom. The zero-order valence-electron chi connectivity index (χ0n) is 22.0. The number of hydrogen-bond acceptors (Lipinski definition) is 12. The molecule has 16 heteroatoms. The summed E-state index contributed by atoms with van der Waals surface area (Å²) in [5.41, 5.74) is 0. The molecule has 0 N–H and O–H groups in total. The molecule has 0 saturated carbocycles. The van der Waals surface area contributed by atoms with E-state index in [1.54, 1.807) is 0 Å². The van der Waals surface area contributed by atoms with Gasteiger partial charge in [-0.05, 0) is 48.5 Å². The quantitative estimate of drug-likeness (QED) is 0.142. The van der Waals surface area contributed by atoms with Gasteiger partial charge in [0, 0.05) is 0 Å². The highest BCUT2D eigenvalue weighted by Crippen LogP contribution is 2.30. The van der Waals surface area contributed by atoms with E-state index in [4.69, 9.17) is 16.7 Å². The first kappa shape index (κ1) is 32.4. The van der Waals surface area contributed by atoms with Gasteiger partial charge in [-0.3, -0.25) is 8.37 Å². The van der Waals surface area contributed by atoms with E-state index in [9.17, 15) is 33.7 Å². The second kappa shape index (κ2) is 13.0. The summed E-state index contributed by atoms with van der Waals surface area (Å²) in [6.07, 6.45) is 0. The van der Waals surface area contributed by atoms with Crippen LogP contribution in [0.2, 0.25) is 0 Å². The van der Waals surface area contributed by atoms with Crippen molar-refractivity contribution < 1.29 is 50.4 Å². The van der Waals surface area contributed by atoms with Crippen molar-refractivity contribution in [2.75, 3.05) is 13.2 Å². The Morgan fingerprint density at radius 1 is 0.372 bits per heavy atom. The van der Waals surface area contributed by atoms with Gasteiger partial charge in [0.1, 0.15) is 13.2 Å². The first-order chi connectivity index (χ1) is 20.2. The van der Waals surface area contributed by atoms with Crippen LogP contribution in [0.15, 0.2) is 141 Å². The smallest absolute Gasteiger partial charge is 0.260 e. The van der Waals surface area contributed by atoms with Crippen LogP contribution in [0.3, 0.4) is 0 Å². The van der Waals surface area contributed by atoms with Crippen LogP contribution in [-0.2, 0) is 57.2 Å². The lowest BCUT2D eigenvalue weighted by Crippen LogP contribution is -2.49. The molecule has 0 aliphatic carbocycles. The molecular weight excluding hydrogens is 645 g/mol. The van der Waals surface area contributed by atoms with E-state index in [-0.39, 0.29) is 9.79 Å². The number of hydrogen-bond donors (Lipinski definition) is 0. The molecule has 0 fully saturated rings. The van der Waals surface area contributed by atoms with Crippen LogP contribution in [0, 0.1) is 0 Å². The van der Waals surface area contributed by atoms with Gasteiger partial charge in [0.15, 0.2) is 0 Å². The highest BCUT2D eigenvalue weighted by molar-refractivity contribution is 7.88. The van der Waals surface area contributed by atoms with Crippen molar-refractivity contribution in [3.63, 3.8) is 0 Å². The molecule has 0 unspecified atom stereocenters. The van der Waals surface area contributed by atoms with Crippen molar-refractivity contribution in [1.82, 2.24) is 0 Å². The average molecular weight is 669 g/mol. The van der Waals surface area contributed by atoms with Gasteiger partial charge in [0.25, 0.3) is 46.3 Å². The SMILES string of the molecule is O=S(=O)(OCC(COS(=O)(=O)c1ccccc1)(OS(=O)(=O)c1ccccc1)OS(=O)(=O)c1ccccc1)c1ccccc1. The third-order valence-electron chi connectivity index (χ3n) is 5.52. The summed E-state index contributed by atoms with van der Waals surface area (Å²) in [6, 6.07) is 26.0. The van der Waals surface area contributed by atoms with Gasteiger partial charge in [-0.25, -0.2) is 8.37 Å². The minimum absolute atomic E-state index is 0.376. The Labute approximate surface area is 249 Å². The Balaban J connectivity index is 1.83. The molecule has 0 heterocycles. The summed E-state index contributed by atoms with van der Waals surface area (Å²) < 4.78 is 126. The van der Waals surface area contributed by atoms with Gasteiger partial charge in [-0.2, -0.15) is 33.7 Å². The molecule has 12 nitrogen and oxygen atoms in total. The third kappa shape index (κ3) is 8.33. The summed E-state index contributed by atoms with van der Waals surface area (Å²) in [5.74, 6) is -3.23. The third-order valence-corrected chi connectivity index (χ3v) is 10.8. The number of rotatable bonds is 14. The summed E-state index contributed by atoms with van der Waals surface area (Å²) in [6.45, 7) is -2.96. The fourth-order valence-electron chi connectivity index (χ4n) is 3.47. The normalized spacial score (nSPS) is 13.0. The molecule has 0 bridgehead atoms. The maximum Gasteiger partial charge on any atom is 0.299 e. The Morgan fingerprint density at radius 3 is 0.860 bits per heavy atom. The molecule has 0 aliphatic rings. The Bertz CT molecular complexity index is 1800. The largest absolute Gasteiger partial charge is 0.299 e. The van der Waals surface area contributed by atoms with Gasteiger partial charge < -0.3 is 0 Å². The molecule has 0 saturated heterocycles. The molecule has 0 atom stereocenters.